The highest BCUT2D eigenvalue weighted by Gasteiger charge is 2.04. The first kappa shape index (κ1) is 43.3. The molecule has 0 aromatic heterocycles. The molecule has 0 aliphatic carbocycles. The Morgan fingerprint density at radius 3 is 1.34 bits per heavy atom. The van der Waals surface area contributed by atoms with Crippen molar-refractivity contribution >= 4 is 0 Å². The lowest BCUT2D eigenvalue weighted by molar-refractivity contribution is 0.0656. The van der Waals surface area contributed by atoms with Crippen LogP contribution in [-0.2, 0) is 34.0 Å². The number of hydrogen-bond donors (Lipinski definition) is 4. The largest absolute Gasteiger partial charge is 0.504 e. The van der Waals surface area contributed by atoms with Gasteiger partial charge in [-0.05, 0) is 85.7 Å². The summed E-state index contributed by atoms with van der Waals surface area (Å²) in [7, 11) is 4.53. The number of hydrogen-bond acceptors (Lipinski definition) is 10. The molecule has 3 aromatic carbocycles. The van der Waals surface area contributed by atoms with Gasteiger partial charge in [0.05, 0.1) is 47.3 Å². The van der Waals surface area contributed by atoms with E-state index in [0.29, 0.717) is 36.4 Å². The lowest BCUT2D eigenvalue weighted by Crippen LogP contribution is -2.02. The number of aliphatic hydroxyl groups excluding tert-OH is 1. The van der Waals surface area contributed by atoms with Gasteiger partial charge in [0, 0.05) is 19.8 Å². The fourth-order valence-corrected chi connectivity index (χ4v) is 3.51. The van der Waals surface area contributed by atoms with E-state index in [4.69, 9.17) is 38.6 Å². The van der Waals surface area contributed by atoms with E-state index < -0.39 is 0 Å². The molecular formula is C37H58O10. The van der Waals surface area contributed by atoms with Crippen molar-refractivity contribution in [2.75, 3.05) is 41.2 Å². The Labute approximate surface area is 281 Å². The molecule has 0 unspecified atom stereocenters. The van der Waals surface area contributed by atoms with Crippen molar-refractivity contribution in [3.8, 4) is 34.5 Å². The van der Waals surface area contributed by atoms with Crippen molar-refractivity contribution < 1.29 is 48.8 Å². The standard InChI is InChI=1S/C12H18O3.C11H16O3.C8H10O3.C6H14O/c1-9(2)7-15-8-10-4-5-11(13)12(6-10)14-3;1-8(2)14-7-9-4-5-10(12)11(6-9)13-3;1-11-8-4-6(5-9)2-3-7(8)10;1-3-5-7-6-4-2/h4-6,9,13H,7-8H2,1-3H3;4-6,8,12H,7H2,1-3H3;2-4,9-10H,5H2,1H3;3-6H2,1-2H3. The Kier molecular flexibility index (Phi) is 24.3. The first-order chi connectivity index (χ1) is 22.4. The highest BCUT2D eigenvalue weighted by molar-refractivity contribution is 5.43. The number of benzene rings is 3. The van der Waals surface area contributed by atoms with E-state index in [1.165, 1.54) is 27.4 Å². The molecule has 0 spiro atoms. The van der Waals surface area contributed by atoms with Crippen molar-refractivity contribution in [1.29, 1.82) is 0 Å². The highest BCUT2D eigenvalue weighted by atomic mass is 16.5. The molecule has 0 heterocycles. The van der Waals surface area contributed by atoms with Crippen molar-refractivity contribution in [2.45, 2.75) is 80.3 Å². The van der Waals surface area contributed by atoms with Gasteiger partial charge in [-0.25, -0.2) is 0 Å². The number of phenols is 3. The van der Waals surface area contributed by atoms with Crippen LogP contribution in [0.3, 0.4) is 0 Å². The molecule has 3 rings (SSSR count). The van der Waals surface area contributed by atoms with Crippen LogP contribution in [0.5, 0.6) is 34.5 Å². The maximum atomic E-state index is 9.38. The molecule has 0 aliphatic rings. The molecular weight excluding hydrogens is 604 g/mol. The van der Waals surface area contributed by atoms with Crippen LogP contribution in [0.2, 0.25) is 0 Å². The van der Waals surface area contributed by atoms with Gasteiger partial charge >= 0.3 is 0 Å². The minimum absolute atomic E-state index is 0.0450. The molecule has 10 heteroatoms. The molecule has 10 nitrogen and oxygen atoms in total. The van der Waals surface area contributed by atoms with Gasteiger partial charge in [0.2, 0.25) is 0 Å². The third-order valence-corrected chi connectivity index (χ3v) is 5.92. The molecule has 47 heavy (non-hydrogen) atoms. The van der Waals surface area contributed by atoms with E-state index in [1.807, 2.05) is 26.0 Å². The smallest absolute Gasteiger partial charge is 0.160 e. The van der Waals surface area contributed by atoms with Crippen molar-refractivity contribution in [2.24, 2.45) is 5.92 Å². The van der Waals surface area contributed by atoms with Gasteiger partial charge in [0.15, 0.2) is 34.5 Å². The number of phenolic OH excluding ortho intramolecular Hbond substituents is 3. The molecule has 0 fully saturated rings. The quantitative estimate of drug-likeness (QED) is 0.120. The number of aromatic hydroxyl groups is 3. The molecule has 3 aromatic rings. The van der Waals surface area contributed by atoms with E-state index in [2.05, 4.69) is 27.7 Å². The summed E-state index contributed by atoms with van der Waals surface area (Å²) < 4.78 is 30.9. The van der Waals surface area contributed by atoms with Crippen LogP contribution in [0.15, 0.2) is 54.6 Å². The molecule has 0 bridgehead atoms. The normalized spacial score (nSPS) is 10.2. The monoisotopic (exact) mass is 662 g/mol. The summed E-state index contributed by atoms with van der Waals surface area (Å²) in [5.74, 6) is 2.28. The van der Waals surface area contributed by atoms with Crippen LogP contribution in [0.25, 0.3) is 0 Å². The number of aliphatic hydroxyl groups is 1. The maximum absolute atomic E-state index is 9.38. The predicted molar refractivity (Wildman–Crippen MR) is 186 cm³/mol. The molecule has 0 aliphatic heterocycles. The summed E-state index contributed by atoms with van der Waals surface area (Å²) >= 11 is 0. The number of ether oxygens (including phenoxy) is 6. The SMILES string of the molecule is CCCOCCC.COc1cc(CO)ccc1O.COc1cc(COC(C)C)ccc1O.COc1cc(COCC(C)C)ccc1O. The van der Waals surface area contributed by atoms with E-state index in [0.717, 1.165) is 49.4 Å². The Morgan fingerprint density at radius 2 is 0.979 bits per heavy atom. The Balaban J connectivity index is 0.000000620. The summed E-state index contributed by atoms with van der Waals surface area (Å²) in [5, 5.41) is 36.6. The van der Waals surface area contributed by atoms with Crippen molar-refractivity contribution in [3.05, 3.63) is 71.3 Å². The first-order valence-corrected chi connectivity index (χ1v) is 15.9. The van der Waals surface area contributed by atoms with Crippen LogP contribution >= 0.6 is 0 Å². The van der Waals surface area contributed by atoms with E-state index in [1.54, 1.807) is 36.4 Å². The van der Waals surface area contributed by atoms with Gasteiger partial charge in [0.1, 0.15) is 0 Å². The summed E-state index contributed by atoms with van der Waals surface area (Å²) in [6, 6.07) is 15.2. The average molecular weight is 663 g/mol. The Morgan fingerprint density at radius 1 is 0.574 bits per heavy atom. The second-order valence-electron chi connectivity index (χ2n) is 11.1. The third-order valence-electron chi connectivity index (χ3n) is 5.92. The Hall–Kier alpha value is -3.70. The minimum Gasteiger partial charge on any atom is -0.504 e. The van der Waals surface area contributed by atoms with Gasteiger partial charge in [-0.1, -0.05) is 45.9 Å². The molecule has 4 N–H and O–H groups in total. The van der Waals surface area contributed by atoms with Gasteiger partial charge in [0.25, 0.3) is 0 Å². The zero-order valence-electron chi connectivity index (χ0n) is 29.7. The molecule has 0 saturated heterocycles. The van der Waals surface area contributed by atoms with E-state index in [9.17, 15) is 10.2 Å². The summed E-state index contributed by atoms with van der Waals surface area (Å²) in [6.07, 6.45) is 2.48. The topological polar surface area (TPSA) is 136 Å². The van der Waals surface area contributed by atoms with E-state index in [-0.39, 0.29) is 30.0 Å². The summed E-state index contributed by atoms with van der Waals surface area (Å²) in [4.78, 5) is 0. The number of methoxy groups -OCH3 is 3. The molecule has 0 radical (unpaired) electrons. The van der Waals surface area contributed by atoms with Crippen LogP contribution in [0, 0.1) is 5.92 Å². The van der Waals surface area contributed by atoms with E-state index >= 15 is 0 Å². The minimum atomic E-state index is -0.0450. The predicted octanol–water partition coefficient (Wildman–Crippen LogP) is 7.62. The summed E-state index contributed by atoms with van der Waals surface area (Å²) in [5.41, 5.74) is 2.72. The van der Waals surface area contributed by atoms with Crippen molar-refractivity contribution in [3.63, 3.8) is 0 Å². The third kappa shape index (κ3) is 20.2. The Bertz CT molecular complexity index is 1210. The van der Waals surface area contributed by atoms with Crippen molar-refractivity contribution in [1.82, 2.24) is 0 Å². The molecule has 0 saturated carbocycles. The fraction of sp³-hybridized carbons (Fsp3) is 0.514. The lowest BCUT2D eigenvalue weighted by atomic mass is 10.2. The highest BCUT2D eigenvalue weighted by Crippen LogP contribution is 2.28. The van der Waals surface area contributed by atoms with Crippen LogP contribution in [0.4, 0.5) is 0 Å². The molecule has 0 atom stereocenters. The zero-order valence-corrected chi connectivity index (χ0v) is 29.7. The van der Waals surface area contributed by atoms with Gasteiger partial charge in [-0.15, -0.1) is 0 Å². The van der Waals surface area contributed by atoms with Crippen LogP contribution in [-0.4, -0.2) is 67.7 Å². The van der Waals surface area contributed by atoms with Gasteiger partial charge < -0.3 is 48.8 Å². The molecule has 266 valence electrons. The first-order valence-electron chi connectivity index (χ1n) is 15.9. The number of rotatable bonds is 15. The second kappa shape index (κ2) is 26.4. The molecule has 0 amide bonds. The maximum Gasteiger partial charge on any atom is 0.160 e. The van der Waals surface area contributed by atoms with Crippen LogP contribution < -0.4 is 14.2 Å². The van der Waals surface area contributed by atoms with Gasteiger partial charge in [-0.2, -0.15) is 0 Å². The lowest BCUT2D eigenvalue weighted by Gasteiger charge is -2.09. The second-order valence-corrected chi connectivity index (χ2v) is 11.1. The van der Waals surface area contributed by atoms with Gasteiger partial charge in [-0.3, -0.25) is 0 Å². The fourth-order valence-electron chi connectivity index (χ4n) is 3.51. The summed E-state index contributed by atoms with van der Waals surface area (Å²) in [6.45, 7) is 16.1. The zero-order chi connectivity index (χ0) is 35.6. The average Bonchev–Trinajstić information content (AvgIpc) is 3.06. The van der Waals surface area contributed by atoms with Crippen LogP contribution in [0.1, 0.15) is 71.1 Å².